The lowest BCUT2D eigenvalue weighted by Gasteiger charge is -2.07. The highest BCUT2D eigenvalue weighted by Crippen LogP contribution is 2.23. The van der Waals surface area contributed by atoms with E-state index < -0.39 is 0 Å². The lowest BCUT2D eigenvalue weighted by Crippen LogP contribution is -2.00. The molecule has 0 aliphatic carbocycles. The summed E-state index contributed by atoms with van der Waals surface area (Å²) in [6, 6.07) is 16.3. The fourth-order valence-electron chi connectivity index (χ4n) is 1.92. The number of hydrogen-bond acceptors (Lipinski definition) is 7. The standard InChI is InChI=1S/C17H13N5O2/c1-23-14-3-2-4-15(9-14)24-17-20-11-19-16(22-17)21-13-7-5-12(10-18)6-8-13/h2-9,11H,1H3,(H,19,20,21,22). The van der Waals surface area contributed by atoms with Crippen LogP contribution >= 0.6 is 0 Å². The fourth-order valence-corrected chi connectivity index (χ4v) is 1.92. The van der Waals surface area contributed by atoms with Crippen molar-refractivity contribution >= 4 is 11.6 Å². The van der Waals surface area contributed by atoms with Crippen LogP contribution in [0.4, 0.5) is 11.6 Å². The number of rotatable bonds is 5. The summed E-state index contributed by atoms with van der Waals surface area (Å²) in [5, 5.41) is 11.8. The molecule has 1 heterocycles. The maximum absolute atomic E-state index is 8.80. The van der Waals surface area contributed by atoms with Crippen molar-refractivity contribution in [2.75, 3.05) is 12.4 Å². The number of benzene rings is 2. The Hall–Kier alpha value is -3.66. The third-order valence-electron chi connectivity index (χ3n) is 3.07. The lowest BCUT2D eigenvalue weighted by atomic mass is 10.2. The monoisotopic (exact) mass is 319 g/mol. The molecule has 1 aromatic heterocycles. The van der Waals surface area contributed by atoms with E-state index >= 15 is 0 Å². The molecule has 0 aliphatic heterocycles. The second kappa shape index (κ2) is 7.07. The van der Waals surface area contributed by atoms with Gasteiger partial charge in [0, 0.05) is 11.8 Å². The zero-order valence-electron chi connectivity index (χ0n) is 12.8. The second-order valence-electron chi connectivity index (χ2n) is 4.69. The molecule has 0 atom stereocenters. The number of hydrogen-bond donors (Lipinski definition) is 1. The van der Waals surface area contributed by atoms with Crippen LogP contribution in [-0.4, -0.2) is 22.1 Å². The Balaban J connectivity index is 1.74. The molecule has 0 amide bonds. The molecule has 7 nitrogen and oxygen atoms in total. The Bertz CT molecular complexity index is 875. The van der Waals surface area contributed by atoms with Gasteiger partial charge in [-0.3, -0.25) is 0 Å². The molecule has 0 radical (unpaired) electrons. The van der Waals surface area contributed by atoms with Crippen molar-refractivity contribution in [3.05, 3.63) is 60.4 Å². The number of ether oxygens (including phenoxy) is 2. The smallest absolute Gasteiger partial charge is 0.326 e. The molecule has 24 heavy (non-hydrogen) atoms. The average Bonchev–Trinajstić information content (AvgIpc) is 2.63. The first-order chi connectivity index (χ1) is 11.8. The SMILES string of the molecule is COc1cccc(Oc2ncnc(Nc3ccc(C#N)cc3)n2)c1. The van der Waals surface area contributed by atoms with Crippen LogP contribution in [0.25, 0.3) is 0 Å². The molecule has 118 valence electrons. The highest BCUT2D eigenvalue weighted by atomic mass is 16.5. The minimum absolute atomic E-state index is 0.161. The van der Waals surface area contributed by atoms with Crippen molar-refractivity contribution in [2.24, 2.45) is 0 Å². The Morgan fingerprint density at radius 3 is 2.58 bits per heavy atom. The molecule has 2 aromatic carbocycles. The quantitative estimate of drug-likeness (QED) is 0.771. The molecule has 0 fully saturated rings. The first kappa shape index (κ1) is 15.2. The third-order valence-corrected chi connectivity index (χ3v) is 3.07. The van der Waals surface area contributed by atoms with Crippen LogP contribution in [0.5, 0.6) is 17.5 Å². The summed E-state index contributed by atoms with van der Waals surface area (Å²) in [6.07, 6.45) is 1.36. The van der Waals surface area contributed by atoms with Gasteiger partial charge in [-0.2, -0.15) is 15.2 Å². The van der Waals surface area contributed by atoms with Gasteiger partial charge in [-0.05, 0) is 36.4 Å². The number of nitriles is 1. The summed E-state index contributed by atoms with van der Waals surface area (Å²) in [6.45, 7) is 0. The summed E-state index contributed by atoms with van der Waals surface area (Å²) in [5.41, 5.74) is 1.34. The van der Waals surface area contributed by atoms with E-state index in [9.17, 15) is 0 Å². The van der Waals surface area contributed by atoms with Crippen LogP contribution in [0.2, 0.25) is 0 Å². The minimum atomic E-state index is 0.161. The summed E-state index contributed by atoms with van der Waals surface area (Å²) >= 11 is 0. The zero-order chi connectivity index (χ0) is 16.8. The molecule has 3 aromatic rings. The van der Waals surface area contributed by atoms with E-state index in [1.54, 1.807) is 43.5 Å². The first-order valence-corrected chi connectivity index (χ1v) is 7.05. The van der Waals surface area contributed by atoms with Crippen LogP contribution in [0, 0.1) is 11.3 Å². The third kappa shape index (κ3) is 3.75. The highest BCUT2D eigenvalue weighted by Gasteiger charge is 2.05. The lowest BCUT2D eigenvalue weighted by molar-refractivity contribution is 0.404. The van der Waals surface area contributed by atoms with Crippen molar-refractivity contribution < 1.29 is 9.47 Å². The maximum atomic E-state index is 8.80. The highest BCUT2D eigenvalue weighted by molar-refractivity contribution is 5.54. The van der Waals surface area contributed by atoms with E-state index in [-0.39, 0.29) is 6.01 Å². The van der Waals surface area contributed by atoms with Crippen molar-refractivity contribution in [2.45, 2.75) is 0 Å². The summed E-state index contributed by atoms with van der Waals surface area (Å²) < 4.78 is 10.8. The molecule has 1 N–H and O–H groups in total. The second-order valence-corrected chi connectivity index (χ2v) is 4.69. The number of nitrogens with zero attached hydrogens (tertiary/aromatic N) is 4. The normalized spacial score (nSPS) is 9.83. The molecule has 7 heteroatoms. The van der Waals surface area contributed by atoms with Crippen LogP contribution in [-0.2, 0) is 0 Å². The van der Waals surface area contributed by atoms with E-state index in [0.29, 0.717) is 23.0 Å². The largest absolute Gasteiger partial charge is 0.497 e. The number of aromatic nitrogens is 3. The van der Waals surface area contributed by atoms with Crippen LogP contribution < -0.4 is 14.8 Å². The molecule has 3 rings (SSSR count). The molecule has 0 unspecified atom stereocenters. The Kier molecular flexibility index (Phi) is 4.49. The van der Waals surface area contributed by atoms with Gasteiger partial charge < -0.3 is 14.8 Å². The topological polar surface area (TPSA) is 93.0 Å². The number of nitrogens with one attached hydrogen (secondary N) is 1. The Morgan fingerprint density at radius 1 is 1.04 bits per heavy atom. The molecule has 0 spiro atoms. The van der Waals surface area contributed by atoms with E-state index in [0.717, 1.165) is 5.69 Å². The van der Waals surface area contributed by atoms with Crippen molar-refractivity contribution in [3.63, 3.8) is 0 Å². The van der Waals surface area contributed by atoms with Crippen molar-refractivity contribution in [1.29, 1.82) is 5.26 Å². The maximum Gasteiger partial charge on any atom is 0.326 e. The summed E-state index contributed by atoms with van der Waals surface area (Å²) in [7, 11) is 1.58. The van der Waals surface area contributed by atoms with E-state index in [4.69, 9.17) is 14.7 Å². The number of anilines is 2. The predicted molar refractivity (Wildman–Crippen MR) is 87.3 cm³/mol. The van der Waals surface area contributed by atoms with Gasteiger partial charge in [0.1, 0.15) is 17.8 Å². The van der Waals surface area contributed by atoms with Crippen LogP contribution in [0.15, 0.2) is 54.9 Å². The minimum Gasteiger partial charge on any atom is -0.497 e. The van der Waals surface area contributed by atoms with E-state index in [1.165, 1.54) is 6.33 Å². The summed E-state index contributed by atoms with van der Waals surface area (Å²) in [4.78, 5) is 12.2. The zero-order valence-corrected chi connectivity index (χ0v) is 12.8. The van der Waals surface area contributed by atoms with E-state index in [1.807, 2.05) is 12.1 Å². The predicted octanol–water partition coefficient (Wildman–Crippen LogP) is 3.29. The summed E-state index contributed by atoms with van der Waals surface area (Å²) in [5.74, 6) is 1.58. The molecule has 0 saturated carbocycles. The molecular weight excluding hydrogens is 306 g/mol. The van der Waals surface area contributed by atoms with Crippen LogP contribution in [0.3, 0.4) is 0 Å². The van der Waals surface area contributed by atoms with Gasteiger partial charge >= 0.3 is 6.01 Å². The Labute approximate surface area is 138 Å². The van der Waals surface area contributed by atoms with Crippen LogP contribution in [0.1, 0.15) is 5.56 Å². The molecule has 0 saturated heterocycles. The van der Waals surface area contributed by atoms with Crippen molar-refractivity contribution in [3.8, 4) is 23.6 Å². The van der Waals surface area contributed by atoms with Gasteiger partial charge in [0.2, 0.25) is 5.95 Å². The van der Waals surface area contributed by atoms with Gasteiger partial charge in [-0.1, -0.05) is 6.07 Å². The first-order valence-electron chi connectivity index (χ1n) is 7.05. The Morgan fingerprint density at radius 2 is 1.83 bits per heavy atom. The van der Waals surface area contributed by atoms with E-state index in [2.05, 4.69) is 26.3 Å². The average molecular weight is 319 g/mol. The van der Waals surface area contributed by atoms with Crippen molar-refractivity contribution in [1.82, 2.24) is 15.0 Å². The molecule has 0 bridgehead atoms. The fraction of sp³-hybridized carbons (Fsp3) is 0.0588. The molecule has 0 aliphatic rings. The van der Waals surface area contributed by atoms with Gasteiger partial charge in [0.05, 0.1) is 18.7 Å². The van der Waals surface area contributed by atoms with Gasteiger partial charge in [0.15, 0.2) is 0 Å². The molecular formula is C17H13N5O2. The number of methoxy groups -OCH3 is 1. The van der Waals surface area contributed by atoms with Gasteiger partial charge in [0.25, 0.3) is 0 Å². The van der Waals surface area contributed by atoms with Gasteiger partial charge in [-0.15, -0.1) is 0 Å². The van der Waals surface area contributed by atoms with Gasteiger partial charge in [-0.25, -0.2) is 4.98 Å².